The van der Waals surface area contributed by atoms with Gasteiger partial charge in [0.05, 0.1) is 23.7 Å². The number of rotatable bonds is 4. The molecule has 1 aromatic carbocycles. The maximum absolute atomic E-state index is 14.0. The average molecular weight is 429 g/mol. The highest BCUT2D eigenvalue weighted by molar-refractivity contribution is 6.30. The van der Waals surface area contributed by atoms with Gasteiger partial charge in [0.25, 0.3) is 11.8 Å². The summed E-state index contributed by atoms with van der Waals surface area (Å²) in [4.78, 5) is 32.6. The van der Waals surface area contributed by atoms with Crippen LogP contribution in [0.2, 0.25) is 5.02 Å². The highest BCUT2D eigenvalue weighted by atomic mass is 35.5. The van der Waals surface area contributed by atoms with Crippen molar-refractivity contribution in [3.8, 4) is 0 Å². The molecule has 3 aromatic rings. The van der Waals surface area contributed by atoms with E-state index in [2.05, 4.69) is 10.3 Å². The molecule has 0 spiro atoms. The lowest BCUT2D eigenvalue weighted by molar-refractivity contribution is 0.0741. The smallest absolute Gasteiger partial charge is 0.291 e. The summed E-state index contributed by atoms with van der Waals surface area (Å²) < 4.78 is 19.1. The Morgan fingerprint density at radius 1 is 1.10 bits per heavy atom. The Bertz CT molecular complexity index is 1050. The summed E-state index contributed by atoms with van der Waals surface area (Å²) >= 11 is 5.75. The Morgan fingerprint density at radius 2 is 1.90 bits per heavy atom. The van der Waals surface area contributed by atoms with Crippen molar-refractivity contribution in [2.75, 3.05) is 36.4 Å². The van der Waals surface area contributed by atoms with E-state index in [1.165, 1.54) is 18.4 Å². The lowest BCUT2D eigenvalue weighted by Gasteiger charge is -2.35. The quantitative estimate of drug-likeness (QED) is 0.685. The van der Waals surface area contributed by atoms with Gasteiger partial charge in [0.1, 0.15) is 11.6 Å². The zero-order chi connectivity index (χ0) is 21.1. The normalized spacial score (nSPS) is 13.9. The molecule has 0 bridgehead atoms. The van der Waals surface area contributed by atoms with Crippen LogP contribution < -0.4 is 10.2 Å². The molecule has 0 atom stereocenters. The zero-order valence-corrected chi connectivity index (χ0v) is 16.6. The number of pyridine rings is 1. The summed E-state index contributed by atoms with van der Waals surface area (Å²) in [5.74, 6) is -0.375. The predicted molar refractivity (Wildman–Crippen MR) is 110 cm³/mol. The molecule has 2 amide bonds. The van der Waals surface area contributed by atoms with E-state index >= 15 is 0 Å². The maximum Gasteiger partial charge on any atom is 0.291 e. The van der Waals surface area contributed by atoms with Crippen molar-refractivity contribution >= 4 is 34.9 Å². The molecule has 1 aliphatic rings. The van der Waals surface area contributed by atoms with Gasteiger partial charge in [-0.3, -0.25) is 9.59 Å². The first-order valence-corrected chi connectivity index (χ1v) is 9.69. The lowest BCUT2D eigenvalue weighted by atomic mass is 10.1. The summed E-state index contributed by atoms with van der Waals surface area (Å²) in [5.41, 5.74) is 0.565. The number of nitrogens with one attached hydrogen (secondary N) is 1. The van der Waals surface area contributed by atoms with Crippen LogP contribution in [0.4, 0.5) is 15.9 Å². The molecule has 30 heavy (non-hydrogen) atoms. The molecule has 3 heterocycles. The molecule has 9 heteroatoms. The van der Waals surface area contributed by atoms with E-state index in [4.69, 9.17) is 16.0 Å². The number of aromatic nitrogens is 1. The molecule has 4 rings (SSSR count). The summed E-state index contributed by atoms with van der Waals surface area (Å²) in [6.07, 6.45) is 3.00. The topological polar surface area (TPSA) is 78.7 Å². The molecule has 2 aromatic heterocycles. The molecule has 154 valence electrons. The number of anilines is 2. The Hall–Kier alpha value is -3.39. The van der Waals surface area contributed by atoms with Gasteiger partial charge in [-0.05, 0) is 42.5 Å². The van der Waals surface area contributed by atoms with Gasteiger partial charge in [-0.1, -0.05) is 11.6 Å². The van der Waals surface area contributed by atoms with E-state index in [0.29, 0.717) is 31.9 Å². The van der Waals surface area contributed by atoms with Crippen LogP contribution in [0.3, 0.4) is 0 Å². The van der Waals surface area contributed by atoms with Crippen molar-refractivity contribution in [1.29, 1.82) is 0 Å². The Balaban J connectivity index is 1.34. The highest BCUT2D eigenvalue weighted by Crippen LogP contribution is 2.20. The maximum atomic E-state index is 14.0. The van der Waals surface area contributed by atoms with Crippen LogP contribution in [-0.4, -0.2) is 47.9 Å². The van der Waals surface area contributed by atoms with E-state index in [-0.39, 0.29) is 28.2 Å². The summed E-state index contributed by atoms with van der Waals surface area (Å²) in [5, 5.41) is 2.97. The van der Waals surface area contributed by atoms with Crippen molar-refractivity contribution in [2.45, 2.75) is 0 Å². The molecule has 1 aliphatic heterocycles. The van der Waals surface area contributed by atoms with Crippen LogP contribution in [-0.2, 0) is 0 Å². The van der Waals surface area contributed by atoms with Crippen molar-refractivity contribution in [3.63, 3.8) is 0 Å². The second kappa shape index (κ2) is 8.54. The Labute approximate surface area is 177 Å². The van der Waals surface area contributed by atoms with Crippen LogP contribution in [0.15, 0.2) is 59.3 Å². The van der Waals surface area contributed by atoms with Gasteiger partial charge in [-0.25, -0.2) is 9.37 Å². The molecule has 1 N–H and O–H groups in total. The van der Waals surface area contributed by atoms with E-state index in [1.54, 1.807) is 35.4 Å². The van der Waals surface area contributed by atoms with Crippen LogP contribution in [0, 0.1) is 5.82 Å². The summed E-state index contributed by atoms with van der Waals surface area (Å²) in [7, 11) is 0. The Kier molecular flexibility index (Phi) is 5.67. The molecule has 1 saturated heterocycles. The number of nitrogens with zero attached hydrogens (tertiary/aromatic N) is 3. The minimum Gasteiger partial charge on any atom is -0.459 e. The predicted octanol–water partition coefficient (Wildman–Crippen LogP) is 3.68. The second-order valence-electron chi connectivity index (χ2n) is 6.74. The fourth-order valence-electron chi connectivity index (χ4n) is 3.22. The lowest BCUT2D eigenvalue weighted by Crippen LogP contribution is -2.49. The molecule has 0 aliphatic carbocycles. The fourth-order valence-corrected chi connectivity index (χ4v) is 3.38. The SMILES string of the molecule is O=C(Nc1ccc(N2CCN(C(=O)c3ccc(Cl)cc3F)CC2)nc1)c1ccco1. The summed E-state index contributed by atoms with van der Waals surface area (Å²) in [6.45, 7) is 2.01. The van der Waals surface area contributed by atoms with Crippen LogP contribution in [0.1, 0.15) is 20.9 Å². The number of amides is 2. The largest absolute Gasteiger partial charge is 0.459 e. The average Bonchev–Trinajstić information content (AvgIpc) is 3.29. The first-order chi connectivity index (χ1) is 14.5. The number of furan rings is 1. The number of carbonyl (C=O) groups is 2. The number of piperazine rings is 1. The standard InChI is InChI=1S/C21H18ClFN4O3/c22-14-3-5-16(17(23)12-14)21(29)27-9-7-26(8-10-27)19-6-4-15(13-24-19)25-20(28)18-2-1-11-30-18/h1-6,11-13H,7-10H2,(H,25,28). The first-order valence-electron chi connectivity index (χ1n) is 9.31. The third-order valence-corrected chi connectivity index (χ3v) is 5.04. The van der Waals surface area contributed by atoms with E-state index in [1.807, 2.05) is 4.90 Å². The van der Waals surface area contributed by atoms with Crippen LogP contribution in [0.5, 0.6) is 0 Å². The highest BCUT2D eigenvalue weighted by Gasteiger charge is 2.24. The first kappa shape index (κ1) is 19.9. The van der Waals surface area contributed by atoms with Gasteiger partial charge in [0, 0.05) is 31.2 Å². The fraction of sp³-hybridized carbons (Fsp3) is 0.190. The molecule has 7 nitrogen and oxygen atoms in total. The minimum absolute atomic E-state index is 0.0163. The van der Waals surface area contributed by atoms with Crippen molar-refractivity contribution in [2.24, 2.45) is 0 Å². The van der Waals surface area contributed by atoms with Crippen LogP contribution in [0.25, 0.3) is 0 Å². The van der Waals surface area contributed by atoms with Gasteiger partial charge in [-0.15, -0.1) is 0 Å². The molecule has 0 unspecified atom stereocenters. The second-order valence-corrected chi connectivity index (χ2v) is 7.18. The number of carbonyl (C=O) groups excluding carboxylic acids is 2. The number of halogens is 2. The van der Waals surface area contributed by atoms with Crippen LogP contribution >= 0.6 is 11.6 Å². The van der Waals surface area contributed by atoms with E-state index < -0.39 is 5.82 Å². The van der Waals surface area contributed by atoms with Crippen molar-refractivity contribution in [1.82, 2.24) is 9.88 Å². The van der Waals surface area contributed by atoms with E-state index in [9.17, 15) is 14.0 Å². The number of benzene rings is 1. The van der Waals surface area contributed by atoms with Crippen molar-refractivity contribution < 1.29 is 18.4 Å². The number of hydrogen-bond donors (Lipinski definition) is 1. The summed E-state index contributed by atoms with van der Waals surface area (Å²) in [6, 6.07) is 10.8. The molecule has 0 saturated carbocycles. The minimum atomic E-state index is -0.621. The molecular formula is C21H18ClFN4O3. The molecule has 0 radical (unpaired) electrons. The van der Waals surface area contributed by atoms with E-state index in [0.717, 1.165) is 11.9 Å². The van der Waals surface area contributed by atoms with Gasteiger partial charge < -0.3 is 19.5 Å². The Morgan fingerprint density at radius 3 is 2.53 bits per heavy atom. The van der Waals surface area contributed by atoms with Gasteiger partial charge >= 0.3 is 0 Å². The third-order valence-electron chi connectivity index (χ3n) is 4.80. The van der Waals surface area contributed by atoms with Crippen molar-refractivity contribution in [3.05, 3.63) is 77.1 Å². The number of hydrogen-bond acceptors (Lipinski definition) is 5. The monoisotopic (exact) mass is 428 g/mol. The van der Waals surface area contributed by atoms with Gasteiger partial charge in [0.15, 0.2) is 5.76 Å². The molecule has 1 fully saturated rings. The molecular weight excluding hydrogens is 411 g/mol. The van der Waals surface area contributed by atoms with Gasteiger partial charge in [-0.2, -0.15) is 0 Å². The zero-order valence-electron chi connectivity index (χ0n) is 15.8. The third kappa shape index (κ3) is 4.28. The van der Waals surface area contributed by atoms with Gasteiger partial charge in [0.2, 0.25) is 0 Å².